The van der Waals surface area contributed by atoms with E-state index in [2.05, 4.69) is 15.8 Å². The Bertz CT molecular complexity index is 940. The number of non-ortho nitro benzene ring substituents is 1. The number of nitrogens with one attached hydrogen (secondary N) is 2. The molecule has 28 heavy (non-hydrogen) atoms. The van der Waals surface area contributed by atoms with Crippen molar-refractivity contribution < 1.29 is 19.6 Å². The molecule has 0 fully saturated rings. The van der Waals surface area contributed by atoms with Crippen LogP contribution in [0.3, 0.4) is 0 Å². The van der Waals surface area contributed by atoms with E-state index in [1.54, 1.807) is 6.07 Å². The molecule has 0 aliphatic carbocycles. The summed E-state index contributed by atoms with van der Waals surface area (Å²) in [6.07, 6.45) is 0.974. The number of hydrogen-bond acceptors (Lipinski definition) is 6. The van der Waals surface area contributed by atoms with E-state index >= 15 is 0 Å². The van der Waals surface area contributed by atoms with Crippen LogP contribution in [0.4, 0.5) is 11.4 Å². The molecule has 0 bridgehead atoms. The van der Waals surface area contributed by atoms with Crippen LogP contribution >= 0.6 is 0 Å². The summed E-state index contributed by atoms with van der Waals surface area (Å²) >= 11 is 0. The van der Waals surface area contributed by atoms with Gasteiger partial charge in [0.05, 0.1) is 11.1 Å². The lowest BCUT2D eigenvalue weighted by molar-refractivity contribution is -0.384. The largest absolute Gasteiger partial charge is 0.507 e. The second-order valence-electron chi connectivity index (χ2n) is 6.16. The van der Waals surface area contributed by atoms with Gasteiger partial charge < -0.3 is 10.4 Å². The Balaban J connectivity index is 1.84. The summed E-state index contributed by atoms with van der Waals surface area (Å²) in [5, 5.41) is 26.8. The number of anilines is 1. The van der Waals surface area contributed by atoms with Gasteiger partial charge in [0.15, 0.2) is 0 Å². The molecule has 0 heterocycles. The Morgan fingerprint density at radius 2 is 1.86 bits per heavy atom. The number of phenolic OH excluding ortho intramolecular Hbond substituents is 1. The molecule has 2 aromatic rings. The number of hydrazone groups is 1. The summed E-state index contributed by atoms with van der Waals surface area (Å²) in [7, 11) is 0. The molecule has 0 spiro atoms. The first-order chi connectivity index (χ1) is 13.3. The number of rotatable bonds is 7. The number of aryl methyl sites for hydroxylation is 2. The van der Waals surface area contributed by atoms with Crippen molar-refractivity contribution in [2.24, 2.45) is 5.10 Å². The average molecular weight is 384 g/mol. The van der Waals surface area contributed by atoms with Crippen molar-refractivity contribution in [1.29, 1.82) is 0 Å². The third-order valence-electron chi connectivity index (χ3n) is 3.85. The van der Waals surface area contributed by atoms with Gasteiger partial charge in [-0.15, -0.1) is 0 Å². The van der Waals surface area contributed by atoms with Gasteiger partial charge in [-0.25, -0.2) is 5.43 Å². The van der Waals surface area contributed by atoms with E-state index in [-0.39, 0.29) is 35.7 Å². The number of aromatic hydroxyl groups is 1. The number of nitro groups is 1. The van der Waals surface area contributed by atoms with Crippen LogP contribution < -0.4 is 10.7 Å². The molecule has 0 radical (unpaired) electrons. The third kappa shape index (κ3) is 5.90. The summed E-state index contributed by atoms with van der Waals surface area (Å²) in [6, 6.07) is 9.08. The van der Waals surface area contributed by atoms with Crippen LogP contribution in [-0.2, 0) is 9.59 Å². The molecule has 2 amide bonds. The highest BCUT2D eigenvalue weighted by atomic mass is 16.6. The third-order valence-corrected chi connectivity index (χ3v) is 3.85. The number of carbonyl (C=O) groups excluding carboxylic acids is 2. The van der Waals surface area contributed by atoms with Crippen LogP contribution in [0.5, 0.6) is 5.75 Å². The van der Waals surface area contributed by atoms with Gasteiger partial charge in [0.25, 0.3) is 5.69 Å². The Morgan fingerprint density at radius 3 is 2.54 bits per heavy atom. The lowest BCUT2D eigenvalue weighted by Gasteiger charge is -2.08. The Hall–Kier alpha value is -3.75. The summed E-state index contributed by atoms with van der Waals surface area (Å²) < 4.78 is 0. The molecule has 0 aromatic heterocycles. The van der Waals surface area contributed by atoms with Crippen LogP contribution in [0.15, 0.2) is 41.5 Å². The van der Waals surface area contributed by atoms with Gasteiger partial charge in [-0.05, 0) is 31.5 Å². The molecule has 0 atom stereocenters. The summed E-state index contributed by atoms with van der Waals surface area (Å²) in [4.78, 5) is 33.9. The highest BCUT2D eigenvalue weighted by Gasteiger charge is 2.10. The second-order valence-corrected chi connectivity index (χ2v) is 6.16. The lowest BCUT2D eigenvalue weighted by atomic mass is 10.1. The highest BCUT2D eigenvalue weighted by molar-refractivity contribution is 5.94. The van der Waals surface area contributed by atoms with Crippen molar-refractivity contribution in [2.45, 2.75) is 26.7 Å². The fourth-order valence-corrected chi connectivity index (χ4v) is 2.38. The minimum Gasteiger partial charge on any atom is -0.507 e. The first-order valence-corrected chi connectivity index (χ1v) is 8.42. The molecule has 3 N–H and O–H groups in total. The maximum Gasteiger partial charge on any atom is 0.270 e. The molecule has 0 unspecified atom stereocenters. The van der Waals surface area contributed by atoms with Crippen molar-refractivity contribution in [3.63, 3.8) is 0 Å². The maximum absolute atomic E-state index is 12.0. The molecule has 0 saturated heterocycles. The molecule has 9 heteroatoms. The Morgan fingerprint density at radius 1 is 1.14 bits per heavy atom. The Kier molecular flexibility index (Phi) is 6.80. The van der Waals surface area contributed by atoms with Crippen LogP contribution in [0.2, 0.25) is 0 Å². The topological polar surface area (TPSA) is 134 Å². The van der Waals surface area contributed by atoms with E-state index in [4.69, 9.17) is 0 Å². The predicted molar refractivity (Wildman–Crippen MR) is 104 cm³/mol. The van der Waals surface area contributed by atoms with Crippen LogP contribution in [0.25, 0.3) is 0 Å². The number of phenols is 1. The van der Waals surface area contributed by atoms with Crippen molar-refractivity contribution in [3.8, 4) is 5.75 Å². The molecule has 0 saturated carbocycles. The standard InChI is InChI=1S/C19H20N4O5/c1-12-3-5-16(13(2)9-12)21-18(25)7-8-19(26)22-20-11-14-10-15(23(27)28)4-6-17(14)24/h3-6,9-11,24H,7-8H2,1-2H3,(H,21,25)(H,22,26)/b20-11-. The van der Waals surface area contributed by atoms with E-state index in [1.807, 2.05) is 26.0 Å². The fourth-order valence-electron chi connectivity index (χ4n) is 2.38. The van der Waals surface area contributed by atoms with Gasteiger partial charge in [0.1, 0.15) is 5.75 Å². The van der Waals surface area contributed by atoms with E-state index in [1.165, 1.54) is 6.07 Å². The van der Waals surface area contributed by atoms with Gasteiger partial charge in [0.2, 0.25) is 11.8 Å². The molecule has 146 valence electrons. The zero-order valence-corrected chi connectivity index (χ0v) is 15.4. The van der Waals surface area contributed by atoms with Crippen LogP contribution in [0, 0.1) is 24.0 Å². The van der Waals surface area contributed by atoms with Crippen LogP contribution in [-0.4, -0.2) is 28.1 Å². The number of carbonyl (C=O) groups is 2. The van der Waals surface area contributed by atoms with Gasteiger partial charge in [-0.2, -0.15) is 5.10 Å². The molecule has 2 rings (SSSR count). The van der Waals surface area contributed by atoms with E-state index in [0.717, 1.165) is 29.5 Å². The summed E-state index contributed by atoms with van der Waals surface area (Å²) in [6.45, 7) is 3.84. The summed E-state index contributed by atoms with van der Waals surface area (Å²) in [5.74, 6) is -1.02. The SMILES string of the molecule is Cc1ccc(NC(=O)CCC(=O)N/N=C\c2cc([N+](=O)[O-])ccc2O)c(C)c1. The van der Waals surface area contributed by atoms with Crippen molar-refractivity contribution in [1.82, 2.24) is 5.43 Å². The zero-order chi connectivity index (χ0) is 20.7. The Labute approximate surface area is 161 Å². The van der Waals surface area contributed by atoms with Crippen molar-refractivity contribution >= 4 is 29.4 Å². The first kappa shape index (κ1) is 20.6. The second kappa shape index (κ2) is 9.26. The van der Waals surface area contributed by atoms with Crippen LogP contribution in [0.1, 0.15) is 29.5 Å². The van der Waals surface area contributed by atoms with Gasteiger partial charge in [0, 0.05) is 36.2 Å². The summed E-state index contributed by atoms with van der Waals surface area (Å²) in [5.41, 5.74) is 4.79. The van der Waals surface area contributed by atoms with Gasteiger partial charge in [-0.3, -0.25) is 19.7 Å². The molecule has 2 aromatic carbocycles. The number of amides is 2. The van der Waals surface area contributed by atoms with Gasteiger partial charge >= 0.3 is 0 Å². The monoisotopic (exact) mass is 384 g/mol. The molecular weight excluding hydrogens is 364 g/mol. The molecular formula is C19H20N4O5. The van der Waals surface area contributed by atoms with E-state index in [0.29, 0.717) is 5.69 Å². The minimum atomic E-state index is -0.607. The number of benzene rings is 2. The van der Waals surface area contributed by atoms with E-state index in [9.17, 15) is 24.8 Å². The molecule has 0 aliphatic heterocycles. The first-order valence-electron chi connectivity index (χ1n) is 8.42. The normalized spacial score (nSPS) is 10.6. The van der Waals surface area contributed by atoms with Gasteiger partial charge in [-0.1, -0.05) is 17.7 Å². The predicted octanol–water partition coefficient (Wildman–Crippen LogP) is 2.79. The fraction of sp³-hybridized carbons (Fsp3) is 0.211. The zero-order valence-electron chi connectivity index (χ0n) is 15.4. The maximum atomic E-state index is 12.0. The number of hydrogen-bond donors (Lipinski definition) is 3. The van der Waals surface area contributed by atoms with Crippen molar-refractivity contribution in [3.05, 3.63) is 63.2 Å². The van der Waals surface area contributed by atoms with Crippen molar-refractivity contribution in [2.75, 3.05) is 5.32 Å². The minimum absolute atomic E-state index is 0.0310. The highest BCUT2D eigenvalue weighted by Crippen LogP contribution is 2.21. The number of nitrogens with zero attached hydrogens (tertiary/aromatic N) is 2. The average Bonchev–Trinajstić information content (AvgIpc) is 2.63. The van der Waals surface area contributed by atoms with E-state index < -0.39 is 10.8 Å². The molecule has 0 aliphatic rings. The quantitative estimate of drug-likeness (QED) is 0.383. The lowest BCUT2D eigenvalue weighted by Crippen LogP contribution is -2.20. The number of nitro benzene ring substituents is 1. The molecule has 9 nitrogen and oxygen atoms in total. The smallest absolute Gasteiger partial charge is 0.270 e.